The maximum absolute atomic E-state index is 12.4. The highest BCUT2D eigenvalue weighted by Gasteiger charge is 2.59. The second-order valence-electron chi connectivity index (χ2n) is 6.35. The lowest BCUT2D eigenvalue weighted by Crippen LogP contribution is -2.69. The summed E-state index contributed by atoms with van der Waals surface area (Å²) in [5.74, 6) is -1.56. The van der Waals surface area contributed by atoms with Crippen LogP contribution in [0.4, 0.5) is 0 Å². The van der Waals surface area contributed by atoms with E-state index in [4.69, 9.17) is 0 Å². The van der Waals surface area contributed by atoms with E-state index in [1.54, 1.807) is 0 Å². The van der Waals surface area contributed by atoms with E-state index >= 15 is 0 Å². The Morgan fingerprint density at radius 1 is 0.864 bits per heavy atom. The lowest BCUT2D eigenvalue weighted by Gasteiger charge is -2.48. The Labute approximate surface area is 127 Å². The van der Waals surface area contributed by atoms with E-state index in [2.05, 4.69) is 0 Å². The third-order valence-corrected chi connectivity index (χ3v) is 5.13. The average Bonchev–Trinajstić information content (AvgIpc) is 2.79. The molecule has 5 atom stereocenters. The van der Waals surface area contributed by atoms with Crippen molar-refractivity contribution in [1.82, 2.24) is 9.80 Å². The number of aliphatic hydroxyl groups is 4. The van der Waals surface area contributed by atoms with Gasteiger partial charge in [-0.1, -0.05) is 19.3 Å². The molecular weight excluding hydrogens is 292 g/mol. The first-order chi connectivity index (χ1) is 10.5. The molecule has 0 radical (unpaired) electrons. The lowest BCUT2D eigenvalue weighted by atomic mass is 9.89. The highest BCUT2D eigenvalue weighted by molar-refractivity contribution is 6.37. The number of carbonyl (C=O) groups excluding carboxylic acids is 2. The van der Waals surface area contributed by atoms with Crippen molar-refractivity contribution in [3.05, 3.63) is 0 Å². The highest BCUT2D eigenvalue weighted by atomic mass is 16.4. The normalized spacial score (nSPS) is 40.3. The maximum Gasteiger partial charge on any atom is 0.314 e. The molecule has 3 fully saturated rings. The number of aliphatic hydroxyl groups excluding tert-OH is 4. The minimum Gasteiger partial charge on any atom is -0.394 e. The Morgan fingerprint density at radius 3 is 2.05 bits per heavy atom. The molecule has 8 heteroatoms. The van der Waals surface area contributed by atoms with E-state index in [0.717, 1.165) is 37.0 Å². The second kappa shape index (κ2) is 5.77. The van der Waals surface area contributed by atoms with Crippen LogP contribution in [0.1, 0.15) is 32.1 Å². The zero-order valence-electron chi connectivity index (χ0n) is 12.2. The number of fused-ring (bicyclic) bond motifs is 1. The fourth-order valence-electron chi connectivity index (χ4n) is 3.98. The molecule has 22 heavy (non-hydrogen) atoms. The number of amides is 2. The number of piperidine rings is 1. The first-order valence-corrected chi connectivity index (χ1v) is 7.79. The summed E-state index contributed by atoms with van der Waals surface area (Å²) in [6, 6.07) is -1.25. The van der Waals surface area contributed by atoms with Crippen molar-refractivity contribution in [1.29, 1.82) is 0 Å². The summed E-state index contributed by atoms with van der Waals surface area (Å²) in [6.45, 7) is -0.584. The van der Waals surface area contributed by atoms with Crippen molar-refractivity contribution >= 4 is 11.8 Å². The van der Waals surface area contributed by atoms with Crippen LogP contribution in [0.3, 0.4) is 0 Å². The van der Waals surface area contributed by atoms with Gasteiger partial charge in [0.15, 0.2) is 0 Å². The van der Waals surface area contributed by atoms with Gasteiger partial charge in [0.25, 0.3) is 0 Å². The summed E-state index contributed by atoms with van der Waals surface area (Å²) < 4.78 is 0. The van der Waals surface area contributed by atoms with Gasteiger partial charge >= 0.3 is 11.8 Å². The standard InChI is InChI=1S/C14H22N2O6/c17-6-8-9(18)10(19)11(20)12-15(7-4-2-1-3-5-7)13(21)14(22)16(8)12/h7-12,17-20H,1-6H2/t8-,9-,10+,11+,12+/m1/s1. The molecule has 1 saturated carbocycles. The molecule has 4 N–H and O–H groups in total. The summed E-state index contributed by atoms with van der Waals surface area (Å²) in [4.78, 5) is 27.0. The van der Waals surface area contributed by atoms with Crippen LogP contribution < -0.4 is 0 Å². The molecule has 8 nitrogen and oxygen atoms in total. The van der Waals surface area contributed by atoms with Crippen LogP contribution in [-0.2, 0) is 9.59 Å². The molecule has 0 aromatic rings. The molecule has 1 aliphatic carbocycles. The van der Waals surface area contributed by atoms with E-state index in [-0.39, 0.29) is 6.04 Å². The Bertz CT molecular complexity index is 466. The zero-order chi connectivity index (χ0) is 16.0. The minimum atomic E-state index is -1.51. The first-order valence-electron chi connectivity index (χ1n) is 7.79. The second-order valence-corrected chi connectivity index (χ2v) is 6.35. The molecule has 2 saturated heterocycles. The number of hydrogen-bond donors (Lipinski definition) is 4. The van der Waals surface area contributed by atoms with Gasteiger partial charge in [-0.05, 0) is 12.8 Å². The number of nitrogens with zero attached hydrogens (tertiary/aromatic N) is 2. The molecule has 3 rings (SSSR count). The van der Waals surface area contributed by atoms with Crippen LogP contribution in [0.2, 0.25) is 0 Å². The van der Waals surface area contributed by atoms with Crippen LogP contribution in [0, 0.1) is 0 Å². The number of rotatable bonds is 2. The third-order valence-electron chi connectivity index (χ3n) is 5.13. The van der Waals surface area contributed by atoms with Gasteiger partial charge in [-0.2, -0.15) is 0 Å². The van der Waals surface area contributed by atoms with Crippen molar-refractivity contribution in [2.24, 2.45) is 0 Å². The molecule has 3 aliphatic rings. The topological polar surface area (TPSA) is 122 Å². The lowest BCUT2D eigenvalue weighted by molar-refractivity contribution is -0.190. The highest BCUT2D eigenvalue weighted by Crippen LogP contribution is 2.36. The molecular formula is C14H22N2O6. The van der Waals surface area contributed by atoms with Gasteiger partial charge in [0, 0.05) is 6.04 Å². The van der Waals surface area contributed by atoms with Gasteiger partial charge in [0.1, 0.15) is 24.5 Å². The molecule has 124 valence electrons. The Balaban J connectivity index is 1.96. The Morgan fingerprint density at radius 2 is 1.45 bits per heavy atom. The number of hydrogen-bond acceptors (Lipinski definition) is 6. The minimum absolute atomic E-state index is 0.156. The summed E-state index contributed by atoms with van der Waals surface area (Å²) in [5.41, 5.74) is 0. The van der Waals surface area contributed by atoms with E-state index < -0.39 is 48.9 Å². The van der Waals surface area contributed by atoms with E-state index in [0.29, 0.717) is 0 Å². The molecule has 2 heterocycles. The van der Waals surface area contributed by atoms with Crippen molar-refractivity contribution in [2.45, 2.75) is 68.7 Å². The largest absolute Gasteiger partial charge is 0.394 e. The third kappa shape index (κ3) is 2.13. The van der Waals surface area contributed by atoms with Gasteiger partial charge in [0.2, 0.25) is 0 Å². The Hall–Kier alpha value is -1.22. The molecule has 0 aromatic heterocycles. The van der Waals surface area contributed by atoms with Gasteiger partial charge < -0.3 is 30.2 Å². The van der Waals surface area contributed by atoms with Crippen molar-refractivity contribution in [3.8, 4) is 0 Å². The van der Waals surface area contributed by atoms with Crippen LogP contribution in [0.15, 0.2) is 0 Å². The summed E-state index contributed by atoms with van der Waals surface area (Å²) >= 11 is 0. The molecule has 2 aliphatic heterocycles. The van der Waals surface area contributed by atoms with Gasteiger partial charge in [-0.25, -0.2) is 0 Å². The van der Waals surface area contributed by atoms with E-state index in [9.17, 15) is 30.0 Å². The van der Waals surface area contributed by atoms with Crippen LogP contribution in [-0.4, -0.2) is 85.2 Å². The van der Waals surface area contributed by atoms with Crippen molar-refractivity contribution in [2.75, 3.05) is 6.61 Å². The van der Waals surface area contributed by atoms with Crippen LogP contribution in [0.25, 0.3) is 0 Å². The predicted octanol–water partition coefficient (Wildman–Crippen LogP) is -2.23. The van der Waals surface area contributed by atoms with Gasteiger partial charge in [0.05, 0.1) is 12.6 Å². The summed E-state index contributed by atoms with van der Waals surface area (Å²) in [7, 11) is 0. The summed E-state index contributed by atoms with van der Waals surface area (Å²) in [5, 5.41) is 39.7. The fourth-order valence-corrected chi connectivity index (χ4v) is 3.98. The van der Waals surface area contributed by atoms with Gasteiger partial charge in [-0.15, -0.1) is 0 Å². The fraction of sp³-hybridized carbons (Fsp3) is 0.857. The van der Waals surface area contributed by atoms with Crippen LogP contribution in [0.5, 0.6) is 0 Å². The molecule has 0 unspecified atom stereocenters. The quantitative estimate of drug-likeness (QED) is 0.428. The molecule has 0 bridgehead atoms. The zero-order valence-corrected chi connectivity index (χ0v) is 12.2. The first kappa shape index (κ1) is 15.7. The molecule has 2 amide bonds. The predicted molar refractivity (Wildman–Crippen MR) is 73.2 cm³/mol. The van der Waals surface area contributed by atoms with E-state index in [1.807, 2.05) is 0 Å². The van der Waals surface area contributed by atoms with Crippen LogP contribution >= 0.6 is 0 Å². The molecule has 0 spiro atoms. The number of carbonyl (C=O) groups is 2. The van der Waals surface area contributed by atoms with Gasteiger partial charge in [-0.3, -0.25) is 9.59 Å². The molecule has 0 aromatic carbocycles. The summed E-state index contributed by atoms with van der Waals surface area (Å²) in [6.07, 6.45) is -1.00. The van der Waals surface area contributed by atoms with Crippen molar-refractivity contribution in [3.63, 3.8) is 0 Å². The monoisotopic (exact) mass is 314 g/mol. The SMILES string of the molecule is O=C1C(=O)N2[C@H](CO)[C@@H](O)[C@H](O)[C@H](O)[C@H]2N1C1CCCCC1. The maximum atomic E-state index is 12.4. The Kier molecular flexibility index (Phi) is 4.11. The van der Waals surface area contributed by atoms with E-state index in [1.165, 1.54) is 4.90 Å². The van der Waals surface area contributed by atoms with Crippen molar-refractivity contribution < 1.29 is 30.0 Å². The average molecular weight is 314 g/mol. The smallest absolute Gasteiger partial charge is 0.314 e.